The second kappa shape index (κ2) is 6.20. The Morgan fingerprint density at radius 2 is 1.74 bits per heavy atom. The topological polar surface area (TPSA) is 57.6 Å². The largest absolute Gasteiger partial charge is 0.384 e. The summed E-state index contributed by atoms with van der Waals surface area (Å²) in [4.78, 5) is 0.309. The lowest BCUT2D eigenvalue weighted by Gasteiger charge is -2.25. The molecule has 0 aromatic heterocycles. The third-order valence-corrected chi connectivity index (χ3v) is 5.03. The standard InChI is InChI=1S/C14H17NO3S/c16-12-4-5-13-6-8-14(9-7-13)19(17,18)15-10-2-1-3-11-15/h6-9,16H,1-3,10-12H2. The molecular weight excluding hydrogens is 262 g/mol. The summed E-state index contributed by atoms with van der Waals surface area (Å²) in [6.07, 6.45) is 2.96. The second-order valence-corrected chi connectivity index (χ2v) is 6.39. The van der Waals surface area contributed by atoms with E-state index in [1.54, 1.807) is 28.6 Å². The highest BCUT2D eigenvalue weighted by Crippen LogP contribution is 2.20. The minimum atomic E-state index is -3.36. The Morgan fingerprint density at radius 3 is 2.32 bits per heavy atom. The van der Waals surface area contributed by atoms with Crippen LogP contribution in [0.5, 0.6) is 0 Å². The minimum absolute atomic E-state index is 0.201. The van der Waals surface area contributed by atoms with E-state index >= 15 is 0 Å². The van der Waals surface area contributed by atoms with Gasteiger partial charge in [0.1, 0.15) is 6.61 Å². The Hall–Kier alpha value is -1.35. The van der Waals surface area contributed by atoms with Gasteiger partial charge in [0.25, 0.3) is 0 Å². The van der Waals surface area contributed by atoms with Crippen LogP contribution in [0, 0.1) is 11.8 Å². The van der Waals surface area contributed by atoms with Gasteiger partial charge in [-0.1, -0.05) is 18.3 Å². The summed E-state index contributed by atoms with van der Waals surface area (Å²) in [5, 5.41) is 8.61. The fourth-order valence-electron chi connectivity index (χ4n) is 2.11. The number of aliphatic hydroxyl groups is 1. The predicted octanol–water partition coefficient (Wildman–Crippen LogP) is 1.21. The van der Waals surface area contributed by atoms with E-state index in [9.17, 15) is 8.42 Å². The molecule has 1 aromatic rings. The van der Waals surface area contributed by atoms with Gasteiger partial charge in [-0.15, -0.1) is 0 Å². The summed E-state index contributed by atoms with van der Waals surface area (Å²) in [6, 6.07) is 6.48. The molecule has 0 bridgehead atoms. The van der Waals surface area contributed by atoms with Gasteiger partial charge in [-0.05, 0) is 37.1 Å². The molecule has 102 valence electrons. The molecule has 1 aliphatic rings. The van der Waals surface area contributed by atoms with Crippen molar-refractivity contribution in [1.82, 2.24) is 4.31 Å². The molecule has 19 heavy (non-hydrogen) atoms. The van der Waals surface area contributed by atoms with Gasteiger partial charge in [-0.2, -0.15) is 4.31 Å². The number of nitrogens with zero attached hydrogens (tertiary/aromatic N) is 1. The molecule has 1 N–H and O–H groups in total. The molecule has 0 radical (unpaired) electrons. The number of piperidine rings is 1. The van der Waals surface area contributed by atoms with Crippen molar-refractivity contribution in [2.45, 2.75) is 24.2 Å². The average molecular weight is 279 g/mol. The molecule has 4 nitrogen and oxygen atoms in total. The van der Waals surface area contributed by atoms with Gasteiger partial charge in [-0.3, -0.25) is 0 Å². The number of hydrogen-bond acceptors (Lipinski definition) is 3. The Morgan fingerprint density at radius 1 is 1.11 bits per heavy atom. The predicted molar refractivity (Wildman–Crippen MR) is 73.0 cm³/mol. The Kier molecular flexibility index (Phi) is 4.59. The number of sulfonamides is 1. The molecule has 2 rings (SSSR count). The van der Waals surface area contributed by atoms with E-state index < -0.39 is 10.0 Å². The van der Waals surface area contributed by atoms with Crippen LogP contribution >= 0.6 is 0 Å². The summed E-state index contributed by atoms with van der Waals surface area (Å²) in [5.74, 6) is 5.28. The zero-order valence-corrected chi connectivity index (χ0v) is 11.5. The minimum Gasteiger partial charge on any atom is -0.384 e. The lowest BCUT2D eigenvalue weighted by Crippen LogP contribution is -2.35. The van der Waals surface area contributed by atoms with Crippen molar-refractivity contribution in [2.75, 3.05) is 19.7 Å². The lowest BCUT2D eigenvalue weighted by atomic mass is 10.2. The quantitative estimate of drug-likeness (QED) is 0.828. The van der Waals surface area contributed by atoms with Gasteiger partial charge >= 0.3 is 0 Å². The molecule has 1 saturated heterocycles. The molecule has 5 heteroatoms. The van der Waals surface area contributed by atoms with Crippen LogP contribution in [0.1, 0.15) is 24.8 Å². The van der Waals surface area contributed by atoms with Crippen molar-refractivity contribution in [2.24, 2.45) is 0 Å². The van der Waals surface area contributed by atoms with E-state index in [0.29, 0.717) is 23.5 Å². The molecule has 1 heterocycles. The van der Waals surface area contributed by atoms with E-state index in [-0.39, 0.29) is 6.61 Å². The van der Waals surface area contributed by atoms with Crippen LogP contribution in [0.25, 0.3) is 0 Å². The van der Waals surface area contributed by atoms with Gasteiger partial charge in [0.05, 0.1) is 4.90 Å². The molecule has 0 saturated carbocycles. The first-order valence-electron chi connectivity index (χ1n) is 6.34. The van der Waals surface area contributed by atoms with E-state index in [4.69, 9.17) is 5.11 Å². The number of rotatable bonds is 2. The fourth-order valence-corrected chi connectivity index (χ4v) is 3.62. The van der Waals surface area contributed by atoms with Crippen LogP contribution < -0.4 is 0 Å². The maximum Gasteiger partial charge on any atom is 0.243 e. The maximum atomic E-state index is 12.4. The van der Waals surface area contributed by atoms with E-state index in [1.807, 2.05) is 0 Å². The van der Waals surface area contributed by atoms with Gasteiger partial charge < -0.3 is 5.11 Å². The highest BCUT2D eigenvalue weighted by Gasteiger charge is 2.25. The zero-order valence-electron chi connectivity index (χ0n) is 10.7. The summed E-state index contributed by atoms with van der Waals surface area (Å²) in [5.41, 5.74) is 0.701. The van der Waals surface area contributed by atoms with Crippen molar-refractivity contribution in [3.63, 3.8) is 0 Å². The van der Waals surface area contributed by atoms with Crippen LogP contribution in [0.2, 0.25) is 0 Å². The third kappa shape index (κ3) is 3.35. The second-order valence-electron chi connectivity index (χ2n) is 4.45. The van der Waals surface area contributed by atoms with Crippen LogP contribution in [0.4, 0.5) is 0 Å². The van der Waals surface area contributed by atoms with Gasteiger partial charge in [-0.25, -0.2) is 8.42 Å². The first-order chi connectivity index (χ1) is 9.14. The summed E-state index contributed by atoms with van der Waals surface area (Å²) < 4.78 is 26.3. The number of aliphatic hydroxyl groups excluding tert-OH is 1. The average Bonchev–Trinajstić information content (AvgIpc) is 2.46. The van der Waals surface area contributed by atoms with E-state index in [2.05, 4.69) is 11.8 Å². The van der Waals surface area contributed by atoms with Gasteiger partial charge in [0.15, 0.2) is 0 Å². The van der Waals surface area contributed by atoms with Crippen LogP contribution in [-0.4, -0.2) is 37.5 Å². The first kappa shape index (κ1) is 14.1. The molecule has 1 aliphatic heterocycles. The molecule has 1 aromatic carbocycles. The van der Waals surface area contributed by atoms with E-state index in [0.717, 1.165) is 19.3 Å². The van der Waals surface area contributed by atoms with Crippen molar-refractivity contribution in [3.8, 4) is 11.8 Å². The summed E-state index contributed by atoms with van der Waals surface area (Å²) in [6.45, 7) is 1.01. The highest BCUT2D eigenvalue weighted by atomic mass is 32.2. The van der Waals surface area contributed by atoms with Crippen molar-refractivity contribution >= 4 is 10.0 Å². The van der Waals surface area contributed by atoms with Gasteiger partial charge in [0.2, 0.25) is 10.0 Å². The normalized spacial score (nSPS) is 16.7. The van der Waals surface area contributed by atoms with Crippen molar-refractivity contribution in [1.29, 1.82) is 0 Å². The maximum absolute atomic E-state index is 12.4. The smallest absolute Gasteiger partial charge is 0.243 e. The molecule has 0 aliphatic carbocycles. The van der Waals surface area contributed by atoms with Crippen LogP contribution in [0.3, 0.4) is 0 Å². The SMILES string of the molecule is O=S(=O)(c1ccc(C#CCO)cc1)N1CCCCC1. The fraction of sp³-hybridized carbons (Fsp3) is 0.429. The Balaban J connectivity index is 2.20. The molecule has 1 fully saturated rings. The number of hydrogen-bond donors (Lipinski definition) is 1. The molecule has 0 spiro atoms. The van der Waals surface area contributed by atoms with Crippen molar-refractivity contribution in [3.05, 3.63) is 29.8 Å². The summed E-state index contributed by atoms with van der Waals surface area (Å²) in [7, 11) is -3.36. The van der Waals surface area contributed by atoms with Crippen LogP contribution in [-0.2, 0) is 10.0 Å². The van der Waals surface area contributed by atoms with Gasteiger partial charge in [0, 0.05) is 18.7 Å². The lowest BCUT2D eigenvalue weighted by molar-refractivity contribution is 0.346. The number of benzene rings is 1. The Labute approximate surface area is 114 Å². The third-order valence-electron chi connectivity index (χ3n) is 3.12. The molecule has 0 unspecified atom stereocenters. The van der Waals surface area contributed by atoms with Crippen LogP contribution in [0.15, 0.2) is 29.2 Å². The summed E-state index contributed by atoms with van der Waals surface area (Å²) >= 11 is 0. The molecule has 0 amide bonds. The highest BCUT2D eigenvalue weighted by molar-refractivity contribution is 7.89. The first-order valence-corrected chi connectivity index (χ1v) is 7.78. The molecular formula is C14H17NO3S. The van der Waals surface area contributed by atoms with E-state index in [1.165, 1.54) is 0 Å². The Bertz CT molecular complexity index is 575. The molecule has 0 atom stereocenters. The zero-order chi connectivity index (χ0) is 13.7. The van der Waals surface area contributed by atoms with Crippen molar-refractivity contribution < 1.29 is 13.5 Å². The monoisotopic (exact) mass is 279 g/mol.